The predicted octanol–water partition coefficient (Wildman–Crippen LogP) is 7.50. The fourth-order valence-corrected chi connectivity index (χ4v) is 5.30. The lowest BCUT2D eigenvalue weighted by atomic mass is 10.1. The number of thioether (sulfide) groups is 1. The highest BCUT2D eigenvalue weighted by Gasteiger charge is 2.32. The molecule has 7 heteroatoms. The number of amides is 1. The molecule has 0 aliphatic carbocycles. The van der Waals surface area contributed by atoms with Crippen molar-refractivity contribution in [2.24, 2.45) is 0 Å². The maximum absolute atomic E-state index is 13.2. The molecule has 3 aromatic rings. The van der Waals surface area contributed by atoms with E-state index >= 15 is 0 Å². The van der Waals surface area contributed by atoms with Crippen LogP contribution in [0.4, 0.5) is 0 Å². The lowest BCUT2D eigenvalue weighted by Gasteiger charge is -2.13. The number of hydrogen-bond donors (Lipinski definition) is 0. The minimum atomic E-state index is -0.0143. The van der Waals surface area contributed by atoms with Crippen molar-refractivity contribution in [3.8, 4) is 22.7 Å². The maximum Gasteiger partial charge on any atom is 0.266 e. The summed E-state index contributed by atoms with van der Waals surface area (Å²) in [4.78, 5) is 15.6. The van der Waals surface area contributed by atoms with Crippen LogP contribution in [-0.2, 0) is 4.79 Å². The molecule has 0 spiro atoms. The van der Waals surface area contributed by atoms with Gasteiger partial charge in [0.05, 0.1) is 22.9 Å². The van der Waals surface area contributed by atoms with E-state index in [2.05, 4.69) is 13.8 Å². The van der Waals surface area contributed by atoms with E-state index in [0.29, 0.717) is 22.4 Å². The summed E-state index contributed by atoms with van der Waals surface area (Å²) in [6.45, 7) is 5.72. The van der Waals surface area contributed by atoms with Crippen molar-refractivity contribution >= 4 is 40.3 Å². The van der Waals surface area contributed by atoms with Crippen LogP contribution in [0, 0.1) is 0 Å². The number of thiocarbonyl (C=S) groups is 1. The number of rotatable bonds is 12. The molecule has 1 saturated heterocycles. The van der Waals surface area contributed by atoms with Crippen molar-refractivity contribution in [3.63, 3.8) is 0 Å². The van der Waals surface area contributed by atoms with Crippen LogP contribution in [0.2, 0.25) is 0 Å². The van der Waals surface area contributed by atoms with E-state index in [1.54, 1.807) is 4.90 Å². The second kappa shape index (κ2) is 12.9. The van der Waals surface area contributed by atoms with Crippen LogP contribution < -0.4 is 4.74 Å². The van der Waals surface area contributed by atoms with Gasteiger partial charge < -0.3 is 4.74 Å². The highest BCUT2D eigenvalue weighted by molar-refractivity contribution is 8.26. The van der Waals surface area contributed by atoms with Gasteiger partial charge in [-0.05, 0) is 55.3 Å². The third-order valence-electron chi connectivity index (χ3n) is 6.05. The average Bonchev–Trinajstić information content (AvgIpc) is 3.44. The number of aromatic nitrogens is 2. The van der Waals surface area contributed by atoms with Crippen molar-refractivity contribution in [1.29, 1.82) is 0 Å². The van der Waals surface area contributed by atoms with Crippen LogP contribution in [0.25, 0.3) is 23.0 Å². The highest BCUT2D eigenvalue weighted by Crippen LogP contribution is 2.35. The molecule has 36 heavy (non-hydrogen) atoms. The molecule has 4 rings (SSSR count). The summed E-state index contributed by atoms with van der Waals surface area (Å²) < 4.78 is 8.32. The molecule has 2 aromatic carbocycles. The number of carbonyl (C=O) groups excluding carboxylic acids is 1. The van der Waals surface area contributed by atoms with Gasteiger partial charge in [-0.3, -0.25) is 9.69 Å². The van der Waals surface area contributed by atoms with E-state index in [9.17, 15) is 4.79 Å². The smallest absolute Gasteiger partial charge is 0.266 e. The molecule has 0 bridgehead atoms. The van der Waals surface area contributed by atoms with Gasteiger partial charge in [0.25, 0.3) is 5.91 Å². The van der Waals surface area contributed by atoms with Crippen molar-refractivity contribution in [1.82, 2.24) is 14.7 Å². The Morgan fingerprint density at radius 3 is 2.44 bits per heavy atom. The highest BCUT2D eigenvalue weighted by atomic mass is 32.2. The van der Waals surface area contributed by atoms with E-state index in [-0.39, 0.29) is 5.91 Å². The van der Waals surface area contributed by atoms with Gasteiger partial charge >= 0.3 is 0 Å². The standard InChI is InChI=1S/C29H33N3O2S2/c1-3-5-7-11-18-31-28(33)26(36-29(31)35)20-23-21-32(24-12-9-8-10-13-24)30-27(23)22-14-16-25(17-15-22)34-19-6-4-2/h8-10,12-17,20-21H,3-7,11,18-19H2,1-2H3/b26-20-. The molecule has 1 fully saturated rings. The average molecular weight is 520 g/mol. The molecule has 0 N–H and O–H groups in total. The van der Waals surface area contributed by atoms with Gasteiger partial charge in [-0.15, -0.1) is 0 Å². The first-order valence-electron chi connectivity index (χ1n) is 12.7. The summed E-state index contributed by atoms with van der Waals surface area (Å²) in [6.07, 6.45) is 10.5. The molecule has 1 aliphatic heterocycles. The maximum atomic E-state index is 13.2. The zero-order chi connectivity index (χ0) is 25.3. The summed E-state index contributed by atoms with van der Waals surface area (Å²) in [5.74, 6) is 0.833. The molecule has 5 nitrogen and oxygen atoms in total. The van der Waals surface area contributed by atoms with E-state index in [1.807, 2.05) is 71.6 Å². The molecular formula is C29H33N3O2S2. The fourth-order valence-electron chi connectivity index (χ4n) is 4.00. The number of unbranched alkanes of at least 4 members (excludes halogenated alkanes) is 4. The largest absolute Gasteiger partial charge is 0.494 e. The predicted molar refractivity (Wildman–Crippen MR) is 153 cm³/mol. The SMILES string of the molecule is CCCCCCN1C(=O)/C(=C/c2cn(-c3ccccc3)nc2-c2ccc(OCCCC)cc2)SC1=S. The van der Waals surface area contributed by atoms with Crippen LogP contribution in [0.15, 0.2) is 65.7 Å². The van der Waals surface area contributed by atoms with Crippen molar-refractivity contribution in [2.45, 2.75) is 52.4 Å². The van der Waals surface area contributed by atoms with E-state index in [4.69, 9.17) is 22.1 Å². The Balaban J connectivity index is 1.62. The van der Waals surface area contributed by atoms with Gasteiger partial charge in [0.15, 0.2) is 0 Å². The summed E-state index contributed by atoms with van der Waals surface area (Å²) in [7, 11) is 0. The molecule has 2 heterocycles. The molecule has 1 aromatic heterocycles. The number of para-hydroxylation sites is 1. The van der Waals surface area contributed by atoms with E-state index in [0.717, 1.165) is 53.9 Å². The van der Waals surface area contributed by atoms with Crippen molar-refractivity contribution in [2.75, 3.05) is 13.2 Å². The number of carbonyl (C=O) groups is 1. The lowest BCUT2D eigenvalue weighted by Crippen LogP contribution is -2.29. The number of hydrogen-bond acceptors (Lipinski definition) is 5. The van der Waals surface area contributed by atoms with Crippen molar-refractivity contribution < 1.29 is 9.53 Å². The lowest BCUT2D eigenvalue weighted by molar-refractivity contribution is -0.122. The Morgan fingerprint density at radius 1 is 0.972 bits per heavy atom. The number of nitrogens with zero attached hydrogens (tertiary/aromatic N) is 3. The summed E-state index contributed by atoms with van der Waals surface area (Å²) in [5, 5.41) is 4.90. The van der Waals surface area contributed by atoms with Gasteiger partial charge in [0.2, 0.25) is 0 Å². The van der Waals surface area contributed by atoms with Crippen molar-refractivity contribution in [3.05, 3.63) is 71.3 Å². The van der Waals surface area contributed by atoms with Crippen LogP contribution in [0.3, 0.4) is 0 Å². The third kappa shape index (κ3) is 6.45. The second-order valence-electron chi connectivity index (χ2n) is 8.83. The summed E-state index contributed by atoms with van der Waals surface area (Å²) >= 11 is 6.92. The molecule has 0 radical (unpaired) electrons. The van der Waals surface area contributed by atoms with Gasteiger partial charge in [0.1, 0.15) is 10.1 Å². The molecule has 0 atom stereocenters. The molecule has 1 aliphatic rings. The first-order valence-corrected chi connectivity index (χ1v) is 14.0. The first-order chi connectivity index (χ1) is 17.6. The second-order valence-corrected chi connectivity index (χ2v) is 10.5. The first kappa shape index (κ1) is 26.2. The Kier molecular flexibility index (Phi) is 9.36. The molecule has 188 valence electrons. The van der Waals surface area contributed by atoms with E-state index in [1.165, 1.54) is 24.6 Å². The monoisotopic (exact) mass is 519 g/mol. The quantitative estimate of drug-likeness (QED) is 0.141. The third-order valence-corrected chi connectivity index (χ3v) is 7.43. The Hall–Kier alpha value is -2.90. The summed E-state index contributed by atoms with van der Waals surface area (Å²) in [6, 6.07) is 18.0. The van der Waals surface area contributed by atoms with Gasteiger partial charge in [0, 0.05) is 23.9 Å². The fraction of sp³-hybridized carbons (Fsp3) is 0.345. The summed E-state index contributed by atoms with van der Waals surface area (Å²) in [5.41, 5.74) is 3.62. The number of ether oxygens (including phenoxy) is 1. The number of benzene rings is 2. The molecule has 0 saturated carbocycles. The van der Waals surface area contributed by atoms with Crippen LogP contribution in [0.1, 0.15) is 57.9 Å². The van der Waals surface area contributed by atoms with Crippen LogP contribution >= 0.6 is 24.0 Å². The van der Waals surface area contributed by atoms with Gasteiger partial charge in [-0.1, -0.05) is 81.7 Å². The topological polar surface area (TPSA) is 47.4 Å². The molecular weight excluding hydrogens is 486 g/mol. The normalized spacial score (nSPS) is 14.7. The van der Waals surface area contributed by atoms with E-state index < -0.39 is 0 Å². The van der Waals surface area contributed by atoms with Gasteiger partial charge in [-0.2, -0.15) is 5.10 Å². The Bertz CT molecular complexity index is 1200. The Labute approximate surface area is 223 Å². The van der Waals surface area contributed by atoms with Crippen LogP contribution in [-0.4, -0.2) is 38.1 Å². The Morgan fingerprint density at radius 2 is 1.72 bits per heavy atom. The molecule has 0 unspecified atom stereocenters. The minimum absolute atomic E-state index is 0.0143. The zero-order valence-corrected chi connectivity index (χ0v) is 22.6. The minimum Gasteiger partial charge on any atom is -0.494 e. The van der Waals surface area contributed by atoms with Gasteiger partial charge in [-0.25, -0.2) is 4.68 Å². The van der Waals surface area contributed by atoms with Crippen LogP contribution in [0.5, 0.6) is 5.75 Å². The zero-order valence-electron chi connectivity index (χ0n) is 21.0. The molecule has 1 amide bonds.